The largest absolute Gasteiger partial charge is 0.504 e. The molecular formula is C26H34O11. The molecule has 3 rings (SSSR count). The maximum Gasteiger partial charge on any atom is 0.335 e. The maximum atomic E-state index is 13.8. The predicted octanol–water partition coefficient (Wildman–Crippen LogP) is 3.40. The Labute approximate surface area is 214 Å². The Bertz CT molecular complexity index is 1100. The van der Waals surface area contributed by atoms with Crippen LogP contribution in [0.4, 0.5) is 0 Å². The molecule has 0 aromatic heterocycles. The highest BCUT2D eigenvalue weighted by Gasteiger charge is 2.76. The summed E-state index contributed by atoms with van der Waals surface area (Å²) in [5.41, 5.74) is -4.67. The molecule has 0 radical (unpaired) electrons. The number of carboxylic acid groups (broad SMARTS) is 1. The highest BCUT2D eigenvalue weighted by atomic mass is 16.6. The first kappa shape index (κ1) is 28.1. The van der Waals surface area contributed by atoms with Gasteiger partial charge in [0.15, 0.2) is 17.1 Å². The van der Waals surface area contributed by atoms with Crippen molar-refractivity contribution in [3.8, 4) is 0 Å². The summed E-state index contributed by atoms with van der Waals surface area (Å²) in [4.78, 5) is 50.0. The van der Waals surface area contributed by atoms with Crippen LogP contribution in [0.3, 0.4) is 0 Å². The zero-order valence-corrected chi connectivity index (χ0v) is 21.7. The molecule has 2 aliphatic carbocycles. The van der Waals surface area contributed by atoms with E-state index in [0.29, 0.717) is 18.4 Å². The summed E-state index contributed by atoms with van der Waals surface area (Å²) in [5.74, 6) is -6.28. The topological polar surface area (TPSA) is 166 Å². The first-order valence-corrected chi connectivity index (χ1v) is 12.2. The summed E-state index contributed by atoms with van der Waals surface area (Å²) >= 11 is 0. The van der Waals surface area contributed by atoms with E-state index in [9.17, 15) is 34.5 Å². The summed E-state index contributed by atoms with van der Waals surface area (Å²) in [6.07, 6.45) is 3.02. The van der Waals surface area contributed by atoms with E-state index in [1.807, 2.05) is 0 Å². The normalized spacial score (nSPS) is 32.0. The van der Waals surface area contributed by atoms with Crippen molar-refractivity contribution in [1.82, 2.24) is 0 Å². The van der Waals surface area contributed by atoms with Crippen molar-refractivity contribution in [2.24, 2.45) is 11.3 Å². The van der Waals surface area contributed by atoms with Crippen LogP contribution < -0.4 is 0 Å². The molecular weight excluding hydrogens is 488 g/mol. The van der Waals surface area contributed by atoms with Crippen molar-refractivity contribution < 1.29 is 53.4 Å². The van der Waals surface area contributed by atoms with Crippen LogP contribution in [0.5, 0.6) is 0 Å². The lowest BCUT2D eigenvalue weighted by Gasteiger charge is -2.54. The SMILES string of the molecule is CCCO/C(=C(/O)C(O)=C(C)C(=O)O)[C@]1(C)OC(=O)[C@]23CC=C(C(=O)OC)CC[C@]2(OC(C)=O)[C@@H]1CC3. The minimum atomic E-state index is -1.74. The van der Waals surface area contributed by atoms with Gasteiger partial charge in [-0.2, -0.15) is 0 Å². The number of carbonyl (C=O) groups is 4. The molecule has 37 heavy (non-hydrogen) atoms. The first-order chi connectivity index (χ1) is 17.3. The molecule has 3 N–H and O–H groups in total. The second kappa shape index (κ2) is 10.1. The number of carbonyl (C=O) groups excluding carboxylic acids is 3. The zero-order valence-electron chi connectivity index (χ0n) is 21.7. The van der Waals surface area contributed by atoms with Gasteiger partial charge in [0.1, 0.15) is 11.0 Å². The number of rotatable bonds is 8. The number of aliphatic carboxylic acids is 1. The molecule has 11 heteroatoms. The molecule has 1 saturated heterocycles. The summed E-state index contributed by atoms with van der Waals surface area (Å²) in [6, 6.07) is 0. The summed E-state index contributed by atoms with van der Waals surface area (Å²) < 4.78 is 22.7. The molecule has 3 aliphatic rings. The van der Waals surface area contributed by atoms with Gasteiger partial charge in [-0.05, 0) is 52.4 Å². The fourth-order valence-corrected chi connectivity index (χ4v) is 6.05. The number of aliphatic hydroxyl groups is 2. The lowest BCUT2D eigenvalue weighted by Crippen LogP contribution is -2.66. The average Bonchev–Trinajstić information content (AvgIpc) is 2.98. The second-order valence-electron chi connectivity index (χ2n) is 9.88. The van der Waals surface area contributed by atoms with E-state index >= 15 is 0 Å². The van der Waals surface area contributed by atoms with Crippen LogP contribution in [0.15, 0.2) is 34.5 Å². The number of hydrogen-bond donors (Lipinski definition) is 3. The Kier molecular flexibility index (Phi) is 7.67. The molecule has 4 atom stereocenters. The minimum absolute atomic E-state index is 0.0540. The Morgan fingerprint density at radius 3 is 2.38 bits per heavy atom. The number of allylic oxidation sites excluding steroid dienone is 1. The molecule has 1 saturated carbocycles. The third-order valence-corrected chi connectivity index (χ3v) is 7.85. The molecule has 1 aliphatic heterocycles. The Morgan fingerprint density at radius 2 is 1.81 bits per heavy atom. The maximum absolute atomic E-state index is 13.8. The van der Waals surface area contributed by atoms with Crippen molar-refractivity contribution in [3.63, 3.8) is 0 Å². The second-order valence-corrected chi connectivity index (χ2v) is 9.88. The monoisotopic (exact) mass is 522 g/mol. The number of aliphatic hydroxyl groups excluding tert-OH is 2. The van der Waals surface area contributed by atoms with Crippen LogP contribution in [0.25, 0.3) is 0 Å². The molecule has 1 heterocycles. The Hall–Kier alpha value is -3.50. The Morgan fingerprint density at radius 1 is 1.14 bits per heavy atom. The molecule has 0 aromatic carbocycles. The first-order valence-electron chi connectivity index (χ1n) is 12.2. The van der Waals surface area contributed by atoms with Gasteiger partial charge in [0.25, 0.3) is 0 Å². The average molecular weight is 523 g/mol. The van der Waals surface area contributed by atoms with Crippen molar-refractivity contribution in [3.05, 3.63) is 34.5 Å². The zero-order chi connectivity index (χ0) is 27.8. The van der Waals surface area contributed by atoms with Crippen molar-refractivity contribution in [2.45, 2.75) is 77.4 Å². The van der Waals surface area contributed by atoms with Crippen LogP contribution in [0, 0.1) is 11.3 Å². The molecule has 0 aromatic rings. The third kappa shape index (κ3) is 4.34. The smallest absolute Gasteiger partial charge is 0.335 e. The van der Waals surface area contributed by atoms with E-state index in [2.05, 4.69) is 0 Å². The van der Waals surface area contributed by atoms with Gasteiger partial charge >= 0.3 is 23.9 Å². The molecule has 11 nitrogen and oxygen atoms in total. The van der Waals surface area contributed by atoms with E-state index < -0.39 is 63.5 Å². The van der Waals surface area contributed by atoms with Gasteiger partial charge < -0.3 is 34.3 Å². The number of carboxylic acids is 1. The molecule has 2 bridgehead atoms. The molecule has 204 valence electrons. The fourth-order valence-electron chi connectivity index (χ4n) is 6.05. The van der Waals surface area contributed by atoms with Crippen LogP contribution in [-0.4, -0.2) is 64.1 Å². The highest BCUT2D eigenvalue weighted by Crippen LogP contribution is 2.66. The van der Waals surface area contributed by atoms with Crippen molar-refractivity contribution in [2.75, 3.05) is 13.7 Å². The van der Waals surface area contributed by atoms with Crippen LogP contribution in [-0.2, 0) is 38.1 Å². The van der Waals surface area contributed by atoms with Gasteiger partial charge in [-0.15, -0.1) is 0 Å². The predicted molar refractivity (Wildman–Crippen MR) is 127 cm³/mol. The molecule has 0 spiro atoms. The number of esters is 3. The van der Waals surface area contributed by atoms with E-state index in [-0.39, 0.29) is 38.0 Å². The lowest BCUT2D eigenvalue weighted by atomic mass is 9.61. The summed E-state index contributed by atoms with van der Waals surface area (Å²) in [6.45, 7) is 5.67. The van der Waals surface area contributed by atoms with Gasteiger partial charge in [0.2, 0.25) is 5.76 Å². The van der Waals surface area contributed by atoms with Gasteiger partial charge in [-0.1, -0.05) is 13.0 Å². The molecule has 2 fully saturated rings. The number of methoxy groups -OCH3 is 1. The summed E-state index contributed by atoms with van der Waals surface area (Å²) in [5, 5.41) is 30.9. The molecule has 0 amide bonds. The highest BCUT2D eigenvalue weighted by molar-refractivity contribution is 5.90. The van der Waals surface area contributed by atoms with Gasteiger partial charge in [-0.25, -0.2) is 9.59 Å². The van der Waals surface area contributed by atoms with E-state index in [1.54, 1.807) is 13.0 Å². The number of ether oxygens (including phenoxy) is 4. The van der Waals surface area contributed by atoms with E-state index in [1.165, 1.54) is 21.0 Å². The quantitative estimate of drug-likeness (QED) is 0.141. The Balaban J connectivity index is 2.25. The third-order valence-electron chi connectivity index (χ3n) is 7.85. The number of hydrogen-bond acceptors (Lipinski definition) is 10. The fraction of sp³-hybridized carbons (Fsp3) is 0.615. The summed E-state index contributed by atoms with van der Waals surface area (Å²) in [7, 11) is 1.25. The van der Waals surface area contributed by atoms with Crippen LogP contribution in [0.2, 0.25) is 0 Å². The van der Waals surface area contributed by atoms with E-state index in [0.717, 1.165) is 6.92 Å². The van der Waals surface area contributed by atoms with E-state index in [4.69, 9.17) is 18.9 Å². The molecule has 0 unspecified atom stereocenters. The van der Waals surface area contributed by atoms with Gasteiger partial charge in [-0.3, -0.25) is 9.59 Å². The van der Waals surface area contributed by atoms with Gasteiger partial charge in [0.05, 0.1) is 19.3 Å². The van der Waals surface area contributed by atoms with Crippen molar-refractivity contribution in [1.29, 1.82) is 0 Å². The van der Waals surface area contributed by atoms with Crippen molar-refractivity contribution >= 4 is 23.9 Å². The lowest BCUT2D eigenvalue weighted by molar-refractivity contribution is -0.242. The van der Waals surface area contributed by atoms with Crippen LogP contribution >= 0.6 is 0 Å². The van der Waals surface area contributed by atoms with Gasteiger partial charge in [0, 0.05) is 18.4 Å². The number of cyclic esters (lactones) is 1. The van der Waals surface area contributed by atoms with Crippen LogP contribution in [0.1, 0.15) is 66.2 Å². The minimum Gasteiger partial charge on any atom is -0.504 e. The standard InChI is InChI=1S/C26H34O11/c1-6-13-35-20(19(29)18(28)14(2)21(30)31)24(4)17-9-11-25(23(33)37-24)10-7-16(22(32)34-5)8-12-26(17,25)36-15(3)27/h7,17,28-29H,6,8-13H2,1-5H3,(H,30,31)/b18-14?,20-19+/t17-,24-,25-,26+/m1/s1.